The zero-order valence-corrected chi connectivity index (χ0v) is 9.96. The Morgan fingerprint density at radius 2 is 2.15 bits per heavy atom. The summed E-state index contributed by atoms with van der Waals surface area (Å²) in [5, 5.41) is 4.58. The molecule has 0 amide bonds. The molecule has 0 unspecified atom stereocenters. The molecule has 1 aliphatic rings. The molecule has 13 heavy (non-hydrogen) atoms. The van der Waals surface area contributed by atoms with E-state index < -0.39 is 0 Å². The highest BCUT2D eigenvalue weighted by Gasteiger charge is 2.34. The summed E-state index contributed by atoms with van der Waals surface area (Å²) in [5.74, 6) is 0. The van der Waals surface area contributed by atoms with E-state index in [4.69, 9.17) is 0 Å². The first kappa shape index (κ1) is 10.6. The Morgan fingerprint density at radius 1 is 1.54 bits per heavy atom. The maximum absolute atomic E-state index is 3.24. The van der Waals surface area contributed by atoms with E-state index in [1.165, 1.54) is 10.7 Å². The van der Waals surface area contributed by atoms with Gasteiger partial charge in [-0.1, -0.05) is 11.8 Å². The van der Waals surface area contributed by atoms with Crippen LogP contribution in [0, 0.1) is 0 Å². The van der Waals surface area contributed by atoms with E-state index in [2.05, 4.69) is 43.1 Å². The maximum atomic E-state index is 3.24. The first-order valence-electron chi connectivity index (χ1n) is 4.54. The molecule has 3 heteroatoms. The molecule has 1 rings (SSSR count). The predicted molar refractivity (Wildman–Crippen MR) is 60.5 cm³/mol. The molecule has 0 aromatic carbocycles. The summed E-state index contributed by atoms with van der Waals surface area (Å²) >= 11 is 1.80. The molecule has 0 bridgehead atoms. The van der Waals surface area contributed by atoms with Crippen molar-refractivity contribution in [2.75, 3.05) is 20.4 Å². The van der Waals surface area contributed by atoms with Gasteiger partial charge in [0, 0.05) is 32.7 Å². The molecule has 1 aliphatic heterocycles. The molecule has 0 atom stereocenters. The summed E-state index contributed by atoms with van der Waals surface area (Å²) < 4.78 is 2.35. The minimum Gasteiger partial charge on any atom is -0.391 e. The van der Waals surface area contributed by atoms with E-state index in [1.54, 1.807) is 11.8 Å². The molecule has 0 spiro atoms. The van der Waals surface area contributed by atoms with Gasteiger partial charge in [0.15, 0.2) is 5.54 Å². The lowest BCUT2D eigenvalue weighted by Crippen LogP contribution is -2.41. The normalized spacial score (nSPS) is 21.5. The molecule has 0 aromatic heterocycles. The van der Waals surface area contributed by atoms with Gasteiger partial charge < -0.3 is 5.32 Å². The van der Waals surface area contributed by atoms with E-state index >= 15 is 0 Å². The molecular weight excluding hydrogens is 180 g/mol. The minimum absolute atomic E-state index is 0.228. The van der Waals surface area contributed by atoms with Gasteiger partial charge in [-0.2, -0.15) is 0 Å². The molecule has 1 heterocycles. The van der Waals surface area contributed by atoms with Crippen LogP contribution in [0.3, 0.4) is 0 Å². The van der Waals surface area contributed by atoms with Crippen molar-refractivity contribution in [3.63, 3.8) is 0 Å². The molecular formula is C10H19N2S+. The van der Waals surface area contributed by atoms with Crippen LogP contribution < -0.4 is 5.32 Å². The van der Waals surface area contributed by atoms with E-state index in [0.717, 1.165) is 6.42 Å². The Kier molecular flexibility index (Phi) is 3.06. The monoisotopic (exact) mass is 199 g/mol. The van der Waals surface area contributed by atoms with Crippen LogP contribution in [-0.2, 0) is 0 Å². The summed E-state index contributed by atoms with van der Waals surface area (Å²) in [6.45, 7) is 4.54. The molecule has 74 valence electrons. The van der Waals surface area contributed by atoms with Gasteiger partial charge in [0.1, 0.15) is 7.05 Å². The van der Waals surface area contributed by atoms with Crippen LogP contribution in [0.15, 0.2) is 11.8 Å². The van der Waals surface area contributed by atoms with Gasteiger partial charge in [-0.3, -0.25) is 0 Å². The van der Waals surface area contributed by atoms with Gasteiger partial charge in [-0.25, -0.2) is 4.58 Å². The summed E-state index contributed by atoms with van der Waals surface area (Å²) in [7, 11) is 4.15. The van der Waals surface area contributed by atoms with Gasteiger partial charge >= 0.3 is 0 Å². The molecule has 0 fully saturated rings. The lowest BCUT2D eigenvalue weighted by molar-refractivity contribution is -0.573. The lowest BCUT2D eigenvalue weighted by atomic mass is 9.95. The lowest BCUT2D eigenvalue weighted by Gasteiger charge is -2.26. The third-order valence-corrected chi connectivity index (χ3v) is 3.50. The third kappa shape index (κ3) is 2.08. The Morgan fingerprint density at radius 3 is 2.62 bits per heavy atom. The highest BCUT2D eigenvalue weighted by atomic mass is 32.2. The minimum atomic E-state index is 0.228. The van der Waals surface area contributed by atoms with Crippen molar-refractivity contribution < 1.29 is 4.58 Å². The van der Waals surface area contributed by atoms with Gasteiger partial charge in [-0.05, 0) is 6.26 Å². The SMILES string of the molecule is CNC1=CC(SC)=[N+](C)C(C)(C)C1. The highest BCUT2D eigenvalue weighted by molar-refractivity contribution is 8.13. The topological polar surface area (TPSA) is 15.0 Å². The van der Waals surface area contributed by atoms with E-state index in [9.17, 15) is 0 Å². The van der Waals surface area contributed by atoms with Crippen LogP contribution >= 0.6 is 11.8 Å². The smallest absolute Gasteiger partial charge is 0.236 e. The van der Waals surface area contributed by atoms with Gasteiger partial charge in [0.25, 0.3) is 0 Å². The van der Waals surface area contributed by atoms with Crippen molar-refractivity contribution in [3.8, 4) is 0 Å². The number of rotatable bonds is 1. The van der Waals surface area contributed by atoms with Crippen molar-refractivity contribution in [1.82, 2.24) is 5.32 Å². The first-order valence-corrected chi connectivity index (χ1v) is 5.77. The largest absolute Gasteiger partial charge is 0.391 e. The number of nitrogens with one attached hydrogen (secondary N) is 1. The Labute approximate surface area is 85.1 Å². The Bertz CT molecular complexity index is 264. The van der Waals surface area contributed by atoms with Crippen LogP contribution in [0.5, 0.6) is 0 Å². The van der Waals surface area contributed by atoms with Crippen molar-refractivity contribution in [3.05, 3.63) is 11.8 Å². The molecule has 0 aliphatic carbocycles. The molecule has 0 aromatic rings. The van der Waals surface area contributed by atoms with Crippen molar-refractivity contribution in [2.24, 2.45) is 0 Å². The zero-order chi connectivity index (χ0) is 10.1. The van der Waals surface area contributed by atoms with Crippen LogP contribution in [0.1, 0.15) is 20.3 Å². The second kappa shape index (κ2) is 3.74. The fraction of sp³-hybridized carbons (Fsp3) is 0.700. The van der Waals surface area contributed by atoms with E-state index in [0.29, 0.717) is 0 Å². The Hall–Kier alpha value is -0.440. The van der Waals surface area contributed by atoms with Crippen molar-refractivity contribution >= 4 is 16.8 Å². The second-order valence-corrected chi connectivity index (χ2v) is 4.84. The number of hydrogen-bond acceptors (Lipinski definition) is 2. The fourth-order valence-electron chi connectivity index (χ4n) is 1.54. The van der Waals surface area contributed by atoms with E-state index in [1.807, 2.05) is 7.05 Å². The highest BCUT2D eigenvalue weighted by Crippen LogP contribution is 2.24. The van der Waals surface area contributed by atoms with Crippen LogP contribution in [0.4, 0.5) is 0 Å². The molecule has 0 saturated heterocycles. The van der Waals surface area contributed by atoms with Crippen molar-refractivity contribution in [2.45, 2.75) is 25.8 Å². The quantitative estimate of drug-likeness (QED) is 0.646. The summed E-state index contributed by atoms with van der Waals surface area (Å²) in [6.07, 6.45) is 5.44. The molecule has 0 radical (unpaired) electrons. The molecule has 2 nitrogen and oxygen atoms in total. The Balaban J connectivity index is 3.05. The number of nitrogens with zero attached hydrogens (tertiary/aromatic N) is 1. The van der Waals surface area contributed by atoms with Gasteiger partial charge in [-0.15, -0.1) is 0 Å². The van der Waals surface area contributed by atoms with E-state index in [-0.39, 0.29) is 5.54 Å². The van der Waals surface area contributed by atoms with Crippen LogP contribution in [0.2, 0.25) is 0 Å². The number of thioether (sulfide) groups is 1. The maximum Gasteiger partial charge on any atom is 0.236 e. The zero-order valence-electron chi connectivity index (χ0n) is 9.14. The summed E-state index contributed by atoms with van der Waals surface area (Å²) in [6, 6.07) is 0. The van der Waals surface area contributed by atoms with Gasteiger partial charge in [0.05, 0.1) is 6.42 Å². The third-order valence-electron chi connectivity index (χ3n) is 2.69. The average Bonchev–Trinajstić information content (AvgIpc) is 2.09. The number of hydrogen-bond donors (Lipinski definition) is 1. The second-order valence-electron chi connectivity index (χ2n) is 4.01. The molecule has 1 N–H and O–H groups in total. The standard InChI is InChI=1S/C10H18N2S/c1-10(2)7-8(11-3)6-9(13-5)12(10)4/h6H,7H2,1-5H3/p+1. The molecule has 0 saturated carbocycles. The van der Waals surface area contributed by atoms with Crippen LogP contribution in [-0.4, -0.2) is 35.5 Å². The fourth-order valence-corrected chi connectivity index (χ4v) is 2.32. The first-order chi connectivity index (χ1) is 6.01. The van der Waals surface area contributed by atoms with Crippen LogP contribution in [0.25, 0.3) is 0 Å². The van der Waals surface area contributed by atoms with Crippen molar-refractivity contribution in [1.29, 1.82) is 0 Å². The summed E-state index contributed by atoms with van der Waals surface area (Å²) in [5.41, 5.74) is 1.55. The average molecular weight is 199 g/mol. The predicted octanol–water partition coefficient (Wildman–Crippen LogP) is 1.68. The summed E-state index contributed by atoms with van der Waals surface area (Å²) in [4.78, 5) is 0. The van der Waals surface area contributed by atoms with Gasteiger partial charge in [0.2, 0.25) is 5.04 Å².